The minimum absolute atomic E-state index is 0.00337. The molecule has 0 aromatic carbocycles. The SMILES string of the molecule is CC(=O)c1c(C2C[C@H]3CC[C@@H](C2)N3C(=O)CO)nc2c(-c3ccc([C@H]4COC(=O)N4)nc3)cnn2c1N. The summed E-state index contributed by atoms with van der Waals surface area (Å²) in [6, 6.07) is 3.40. The number of amides is 2. The molecule has 12 nitrogen and oxygen atoms in total. The molecule has 12 heteroatoms. The number of ether oxygens (including phenoxy) is 1. The molecular formula is C25H27N7O5. The maximum absolute atomic E-state index is 12.7. The van der Waals surface area contributed by atoms with Crippen LogP contribution in [0.5, 0.6) is 0 Å². The van der Waals surface area contributed by atoms with Gasteiger partial charge in [0, 0.05) is 35.3 Å². The zero-order valence-corrected chi connectivity index (χ0v) is 20.3. The predicted octanol–water partition coefficient (Wildman–Crippen LogP) is 1.59. The molecule has 3 aliphatic heterocycles. The molecule has 6 rings (SSSR count). The number of pyridine rings is 1. The van der Waals surface area contributed by atoms with Crippen LogP contribution in [0.15, 0.2) is 24.5 Å². The van der Waals surface area contributed by atoms with Gasteiger partial charge in [-0.3, -0.25) is 14.6 Å². The van der Waals surface area contributed by atoms with Crippen LogP contribution < -0.4 is 11.1 Å². The number of anilines is 1. The molecule has 0 spiro atoms. The Morgan fingerprint density at radius 2 is 1.97 bits per heavy atom. The highest BCUT2D eigenvalue weighted by Gasteiger charge is 2.44. The number of nitrogens with zero attached hydrogens (tertiary/aromatic N) is 5. The second kappa shape index (κ2) is 8.80. The van der Waals surface area contributed by atoms with Crippen LogP contribution in [0.4, 0.5) is 10.6 Å². The lowest BCUT2D eigenvalue weighted by atomic mass is 9.85. The van der Waals surface area contributed by atoms with Crippen LogP contribution in [0.3, 0.4) is 0 Å². The fourth-order valence-electron chi connectivity index (χ4n) is 6.10. The number of cyclic esters (lactones) is 1. The topological polar surface area (TPSA) is 165 Å². The highest BCUT2D eigenvalue weighted by atomic mass is 16.6. The molecule has 4 atom stereocenters. The lowest BCUT2D eigenvalue weighted by molar-refractivity contribution is -0.138. The van der Waals surface area contributed by atoms with E-state index in [-0.39, 0.29) is 48.2 Å². The largest absolute Gasteiger partial charge is 0.447 e. The summed E-state index contributed by atoms with van der Waals surface area (Å²) in [5.41, 5.74) is 10.2. The summed E-state index contributed by atoms with van der Waals surface area (Å²) in [7, 11) is 0. The molecule has 37 heavy (non-hydrogen) atoms. The van der Waals surface area contributed by atoms with Crippen LogP contribution in [0.2, 0.25) is 0 Å². The molecule has 0 saturated carbocycles. The summed E-state index contributed by atoms with van der Waals surface area (Å²) in [4.78, 5) is 47.7. The van der Waals surface area contributed by atoms with Crippen LogP contribution in [-0.2, 0) is 9.53 Å². The molecule has 3 saturated heterocycles. The van der Waals surface area contributed by atoms with Gasteiger partial charge in [-0.15, -0.1) is 0 Å². The number of hydrogen-bond donors (Lipinski definition) is 3. The number of aliphatic hydroxyl groups is 1. The zero-order valence-electron chi connectivity index (χ0n) is 20.3. The number of nitrogens with two attached hydrogens (primary N) is 1. The van der Waals surface area contributed by atoms with E-state index in [2.05, 4.69) is 15.4 Å². The normalized spacial score (nSPS) is 24.8. The molecule has 192 valence electrons. The minimum atomic E-state index is -0.500. The zero-order chi connectivity index (χ0) is 25.8. The van der Waals surface area contributed by atoms with Crippen molar-refractivity contribution in [2.75, 3.05) is 18.9 Å². The first-order valence-corrected chi connectivity index (χ1v) is 12.3. The number of Topliss-reactive ketones (excluding diaryl/α,β-unsaturated/α-hetero) is 1. The fourth-order valence-corrected chi connectivity index (χ4v) is 6.10. The molecule has 3 fully saturated rings. The molecule has 0 radical (unpaired) electrons. The van der Waals surface area contributed by atoms with Gasteiger partial charge in [-0.2, -0.15) is 9.61 Å². The van der Waals surface area contributed by atoms with Gasteiger partial charge in [-0.1, -0.05) is 6.07 Å². The molecular weight excluding hydrogens is 478 g/mol. The standard InChI is InChI=1S/C25H27N7O5/c1-12(34)21-22(14-6-15-3-4-16(7-14)31(15)20(35)10-33)30-24-17(9-28-32(24)23(21)26)13-2-5-18(27-8-13)19-11-37-25(36)29-19/h2,5,8-9,14-16,19,33H,3-4,6-7,10-11,26H2,1H3,(H,29,36)/t14?,15-,16+,19-/m1/s1. The Hall–Kier alpha value is -4.06. The van der Waals surface area contributed by atoms with E-state index in [1.807, 2.05) is 12.1 Å². The second-order valence-corrected chi connectivity index (χ2v) is 9.89. The number of aromatic nitrogens is 4. The van der Waals surface area contributed by atoms with Gasteiger partial charge in [0.05, 0.1) is 23.1 Å². The van der Waals surface area contributed by atoms with E-state index in [1.54, 1.807) is 17.3 Å². The number of nitrogens with one attached hydrogen (secondary N) is 1. The molecule has 1 unspecified atom stereocenters. The fraction of sp³-hybridized carbons (Fsp3) is 0.440. The third-order valence-corrected chi connectivity index (χ3v) is 7.73. The summed E-state index contributed by atoms with van der Waals surface area (Å²) in [5.74, 6) is -0.263. The highest BCUT2D eigenvalue weighted by Crippen LogP contribution is 2.44. The maximum atomic E-state index is 12.7. The summed E-state index contributed by atoms with van der Waals surface area (Å²) in [6.07, 6.45) is 5.90. The monoisotopic (exact) mass is 505 g/mol. The first-order valence-electron chi connectivity index (χ1n) is 12.3. The van der Waals surface area contributed by atoms with E-state index >= 15 is 0 Å². The van der Waals surface area contributed by atoms with Crippen LogP contribution in [0.1, 0.15) is 66.3 Å². The van der Waals surface area contributed by atoms with E-state index in [0.29, 0.717) is 41.0 Å². The molecule has 3 aromatic rings. The van der Waals surface area contributed by atoms with Crippen molar-refractivity contribution < 1.29 is 24.2 Å². The number of aliphatic hydroxyl groups excluding tert-OH is 1. The average molecular weight is 506 g/mol. The number of alkyl carbamates (subject to hydrolysis) is 1. The van der Waals surface area contributed by atoms with E-state index in [9.17, 15) is 19.5 Å². The Balaban J connectivity index is 1.38. The van der Waals surface area contributed by atoms with Gasteiger partial charge in [-0.25, -0.2) is 9.78 Å². The minimum Gasteiger partial charge on any atom is -0.447 e. The Bertz CT molecular complexity index is 1410. The lowest BCUT2D eigenvalue weighted by Gasteiger charge is -2.39. The van der Waals surface area contributed by atoms with E-state index in [0.717, 1.165) is 18.4 Å². The van der Waals surface area contributed by atoms with E-state index < -0.39 is 12.7 Å². The molecule has 6 heterocycles. The Morgan fingerprint density at radius 3 is 2.57 bits per heavy atom. The van der Waals surface area contributed by atoms with Crippen molar-refractivity contribution in [3.63, 3.8) is 0 Å². The molecule has 3 aliphatic rings. The maximum Gasteiger partial charge on any atom is 0.407 e. The van der Waals surface area contributed by atoms with Gasteiger partial charge in [0.1, 0.15) is 25.1 Å². The summed E-state index contributed by atoms with van der Waals surface area (Å²) < 4.78 is 6.43. The number of rotatable bonds is 5. The van der Waals surface area contributed by atoms with Crippen molar-refractivity contribution in [1.82, 2.24) is 29.8 Å². The molecule has 4 N–H and O–H groups in total. The summed E-state index contributed by atoms with van der Waals surface area (Å²) in [6.45, 7) is 1.20. The summed E-state index contributed by atoms with van der Waals surface area (Å²) >= 11 is 0. The number of fused-ring (bicyclic) bond motifs is 3. The third-order valence-electron chi connectivity index (χ3n) is 7.73. The van der Waals surface area contributed by atoms with Crippen molar-refractivity contribution in [2.45, 2.75) is 56.7 Å². The Labute approximate surface area is 211 Å². The number of nitrogen functional groups attached to an aromatic ring is 1. The molecule has 3 aromatic heterocycles. The quantitative estimate of drug-likeness (QED) is 0.437. The smallest absolute Gasteiger partial charge is 0.407 e. The average Bonchev–Trinajstić information content (AvgIpc) is 3.59. The Kier molecular flexibility index (Phi) is 5.55. The Morgan fingerprint density at radius 1 is 1.22 bits per heavy atom. The van der Waals surface area contributed by atoms with Crippen LogP contribution in [0, 0.1) is 0 Å². The van der Waals surface area contributed by atoms with E-state index in [4.69, 9.17) is 15.5 Å². The van der Waals surface area contributed by atoms with Crippen molar-refractivity contribution in [3.8, 4) is 11.1 Å². The van der Waals surface area contributed by atoms with Crippen molar-refractivity contribution in [1.29, 1.82) is 0 Å². The van der Waals surface area contributed by atoms with Gasteiger partial charge < -0.3 is 25.8 Å². The number of carbonyl (C=O) groups is 3. The van der Waals surface area contributed by atoms with Crippen molar-refractivity contribution in [2.24, 2.45) is 0 Å². The molecule has 0 aliphatic carbocycles. The highest BCUT2D eigenvalue weighted by molar-refractivity contribution is 6.00. The number of piperidine rings is 1. The second-order valence-electron chi connectivity index (χ2n) is 9.89. The number of ketones is 1. The lowest BCUT2D eigenvalue weighted by Crippen LogP contribution is -2.47. The molecule has 2 amide bonds. The van der Waals surface area contributed by atoms with Gasteiger partial charge >= 0.3 is 6.09 Å². The van der Waals surface area contributed by atoms with Crippen molar-refractivity contribution >= 4 is 29.2 Å². The van der Waals surface area contributed by atoms with Gasteiger partial charge in [0.25, 0.3) is 0 Å². The third kappa shape index (κ3) is 3.79. The number of carbonyl (C=O) groups excluding carboxylic acids is 3. The summed E-state index contributed by atoms with van der Waals surface area (Å²) in [5, 5.41) is 16.5. The van der Waals surface area contributed by atoms with E-state index in [1.165, 1.54) is 11.4 Å². The first-order chi connectivity index (χ1) is 17.9. The first kappa shape index (κ1) is 23.3. The van der Waals surface area contributed by atoms with Gasteiger partial charge in [0.15, 0.2) is 11.4 Å². The van der Waals surface area contributed by atoms with Gasteiger partial charge in [-0.05, 0) is 38.7 Å². The number of hydrogen-bond acceptors (Lipinski definition) is 9. The van der Waals surface area contributed by atoms with Crippen molar-refractivity contribution in [3.05, 3.63) is 41.5 Å². The van der Waals surface area contributed by atoms with Gasteiger partial charge in [0.2, 0.25) is 5.91 Å². The van der Waals surface area contributed by atoms with Crippen LogP contribution in [-0.4, -0.2) is 72.7 Å². The van der Waals surface area contributed by atoms with Crippen LogP contribution >= 0.6 is 0 Å². The van der Waals surface area contributed by atoms with Crippen LogP contribution in [0.25, 0.3) is 16.8 Å². The molecule has 2 bridgehead atoms. The predicted molar refractivity (Wildman–Crippen MR) is 131 cm³/mol.